The van der Waals surface area contributed by atoms with E-state index in [-0.39, 0.29) is 10.2 Å². The number of amides is 1. The SMILES string of the molecule is COC(=O)NS(=O)(=O)N(CCCl)CC(F)(F)F. The van der Waals surface area contributed by atoms with E-state index in [1.807, 2.05) is 0 Å². The van der Waals surface area contributed by atoms with Gasteiger partial charge in [-0.2, -0.15) is 25.9 Å². The Morgan fingerprint density at radius 2 is 2.00 bits per heavy atom. The molecule has 0 radical (unpaired) electrons. The number of carbonyl (C=O) groups is 1. The maximum atomic E-state index is 12.1. The lowest BCUT2D eigenvalue weighted by Gasteiger charge is -2.21. The minimum absolute atomic E-state index is 0.00306. The van der Waals surface area contributed by atoms with Gasteiger partial charge in [-0.3, -0.25) is 0 Å². The van der Waals surface area contributed by atoms with Crippen molar-refractivity contribution in [2.45, 2.75) is 6.18 Å². The molecule has 6 nitrogen and oxygen atoms in total. The lowest BCUT2D eigenvalue weighted by Crippen LogP contribution is -2.47. The Labute approximate surface area is 101 Å². The Morgan fingerprint density at radius 1 is 1.47 bits per heavy atom. The van der Waals surface area contributed by atoms with E-state index in [4.69, 9.17) is 11.6 Å². The second-order valence-electron chi connectivity index (χ2n) is 2.74. The predicted octanol–water partition coefficient (Wildman–Crippen LogP) is 0.690. The number of nitrogens with zero attached hydrogens (tertiary/aromatic N) is 1. The van der Waals surface area contributed by atoms with Crippen LogP contribution < -0.4 is 4.72 Å². The molecule has 0 rings (SSSR count). The summed E-state index contributed by atoms with van der Waals surface area (Å²) in [7, 11) is -3.75. The van der Waals surface area contributed by atoms with Crippen molar-refractivity contribution in [3.05, 3.63) is 0 Å². The summed E-state index contributed by atoms with van der Waals surface area (Å²) in [6.07, 6.45) is -6.12. The van der Waals surface area contributed by atoms with Crippen molar-refractivity contribution in [1.29, 1.82) is 0 Å². The molecule has 0 spiro atoms. The lowest BCUT2D eigenvalue weighted by molar-refractivity contribution is -0.135. The average Bonchev–Trinajstić information content (AvgIpc) is 2.14. The summed E-state index contributed by atoms with van der Waals surface area (Å²) in [4.78, 5) is 10.6. The number of rotatable bonds is 5. The van der Waals surface area contributed by atoms with Crippen LogP contribution in [-0.2, 0) is 14.9 Å². The Bertz CT molecular complexity index is 359. The maximum Gasteiger partial charge on any atom is 0.421 e. The molecular weight excluding hydrogens is 289 g/mol. The molecule has 1 N–H and O–H groups in total. The minimum Gasteiger partial charge on any atom is -0.452 e. The van der Waals surface area contributed by atoms with Crippen LogP contribution in [0.1, 0.15) is 0 Å². The first kappa shape index (κ1) is 16.3. The maximum absolute atomic E-state index is 12.1. The molecule has 0 aromatic rings. The van der Waals surface area contributed by atoms with Crippen molar-refractivity contribution in [1.82, 2.24) is 9.03 Å². The molecule has 0 aromatic heterocycles. The molecule has 11 heteroatoms. The van der Waals surface area contributed by atoms with Crippen molar-refractivity contribution in [2.75, 3.05) is 26.1 Å². The summed E-state index contributed by atoms with van der Waals surface area (Å²) in [5.74, 6) is -0.349. The zero-order chi connectivity index (χ0) is 13.7. The fraction of sp³-hybridized carbons (Fsp3) is 0.833. The monoisotopic (exact) mass is 298 g/mol. The van der Waals surface area contributed by atoms with Gasteiger partial charge in [0.05, 0.1) is 7.11 Å². The molecule has 0 heterocycles. The number of nitrogens with one attached hydrogen (secondary N) is 1. The van der Waals surface area contributed by atoms with Gasteiger partial charge in [0.25, 0.3) is 0 Å². The van der Waals surface area contributed by atoms with E-state index >= 15 is 0 Å². The summed E-state index contributed by atoms with van der Waals surface area (Å²) >= 11 is 5.18. The van der Waals surface area contributed by atoms with Crippen molar-refractivity contribution < 1.29 is 31.1 Å². The molecule has 102 valence electrons. The van der Waals surface area contributed by atoms with Gasteiger partial charge in [-0.15, -0.1) is 11.6 Å². The quantitative estimate of drug-likeness (QED) is 0.758. The van der Waals surface area contributed by atoms with Crippen molar-refractivity contribution in [3.63, 3.8) is 0 Å². The first-order chi connectivity index (χ1) is 7.62. The van der Waals surface area contributed by atoms with E-state index in [0.29, 0.717) is 0 Å². The van der Waals surface area contributed by atoms with Gasteiger partial charge in [0.1, 0.15) is 6.54 Å². The third kappa shape index (κ3) is 6.54. The van der Waals surface area contributed by atoms with E-state index in [1.54, 1.807) is 0 Å². The topological polar surface area (TPSA) is 75.7 Å². The standard InChI is InChI=1S/C6H10ClF3N2O4S/c1-16-5(13)11-17(14,15)12(3-2-7)4-6(8,9)10/h2-4H2,1H3,(H,11,13). The van der Waals surface area contributed by atoms with Crippen molar-refractivity contribution in [2.24, 2.45) is 0 Å². The zero-order valence-electron chi connectivity index (χ0n) is 8.62. The Balaban J connectivity index is 4.85. The number of hydrogen-bond donors (Lipinski definition) is 1. The van der Waals surface area contributed by atoms with E-state index < -0.39 is 35.6 Å². The van der Waals surface area contributed by atoms with Gasteiger partial charge in [-0.1, -0.05) is 0 Å². The molecule has 0 aromatic carbocycles. The summed E-state index contributed by atoms with van der Waals surface area (Å²) in [6.45, 7) is -2.33. The fourth-order valence-electron chi connectivity index (χ4n) is 0.790. The van der Waals surface area contributed by atoms with Gasteiger partial charge in [-0.05, 0) is 0 Å². The smallest absolute Gasteiger partial charge is 0.421 e. The summed E-state index contributed by atoms with van der Waals surface area (Å²) in [5, 5.41) is 0. The van der Waals surface area contributed by atoms with Crippen LogP contribution >= 0.6 is 11.6 Å². The second-order valence-corrected chi connectivity index (χ2v) is 4.79. The van der Waals surface area contributed by atoms with E-state index in [9.17, 15) is 26.4 Å². The molecule has 0 aliphatic heterocycles. The molecule has 0 saturated heterocycles. The number of halogens is 4. The van der Waals surface area contributed by atoms with Gasteiger partial charge in [0.15, 0.2) is 0 Å². The molecule has 0 aliphatic carbocycles. The molecule has 0 atom stereocenters. The van der Waals surface area contributed by atoms with Crippen LogP contribution in [0.25, 0.3) is 0 Å². The van der Waals surface area contributed by atoms with Crippen LogP contribution in [0.2, 0.25) is 0 Å². The van der Waals surface area contributed by atoms with Crippen LogP contribution in [0.4, 0.5) is 18.0 Å². The molecule has 17 heavy (non-hydrogen) atoms. The van der Waals surface area contributed by atoms with Gasteiger partial charge in [-0.25, -0.2) is 9.52 Å². The van der Waals surface area contributed by atoms with Gasteiger partial charge < -0.3 is 4.74 Å². The third-order valence-electron chi connectivity index (χ3n) is 1.43. The van der Waals surface area contributed by atoms with Crippen LogP contribution in [-0.4, -0.2) is 51.1 Å². The number of methoxy groups -OCH3 is 1. The van der Waals surface area contributed by atoms with Gasteiger partial charge in [0.2, 0.25) is 0 Å². The molecule has 0 aliphatic rings. The third-order valence-corrected chi connectivity index (χ3v) is 3.01. The summed E-state index contributed by atoms with van der Waals surface area (Å²) < 4.78 is 64.2. The fourth-order valence-corrected chi connectivity index (χ4v) is 2.17. The minimum atomic E-state index is -4.74. The summed E-state index contributed by atoms with van der Waals surface area (Å²) in [5.41, 5.74) is 0. The number of carbonyl (C=O) groups excluding carboxylic acids is 1. The lowest BCUT2D eigenvalue weighted by atomic mass is 10.6. The van der Waals surface area contributed by atoms with Gasteiger partial charge in [0, 0.05) is 12.4 Å². The molecule has 0 unspecified atom stereocenters. The van der Waals surface area contributed by atoms with E-state index in [1.165, 1.54) is 4.72 Å². The first-order valence-corrected chi connectivity index (χ1v) is 6.08. The normalized spacial score (nSPS) is 12.6. The number of hydrogen-bond acceptors (Lipinski definition) is 4. The van der Waals surface area contributed by atoms with Crippen LogP contribution in [0.5, 0.6) is 0 Å². The van der Waals surface area contributed by atoms with Crippen molar-refractivity contribution >= 4 is 27.9 Å². The molecule has 1 amide bonds. The highest BCUT2D eigenvalue weighted by molar-refractivity contribution is 7.87. The van der Waals surface area contributed by atoms with E-state index in [0.717, 1.165) is 7.11 Å². The Kier molecular flexibility index (Phi) is 5.99. The number of ether oxygens (including phenoxy) is 1. The summed E-state index contributed by atoms with van der Waals surface area (Å²) in [6, 6.07) is 0. The molecule has 0 saturated carbocycles. The Morgan fingerprint density at radius 3 is 2.35 bits per heavy atom. The van der Waals surface area contributed by atoms with Crippen LogP contribution in [0.15, 0.2) is 0 Å². The molecule has 0 bridgehead atoms. The van der Waals surface area contributed by atoms with Crippen molar-refractivity contribution in [3.8, 4) is 0 Å². The predicted molar refractivity (Wildman–Crippen MR) is 52.8 cm³/mol. The highest BCUT2D eigenvalue weighted by Crippen LogP contribution is 2.18. The highest BCUT2D eigenvalue weighted by atomic mass is 35.5. The van der Waals surface area contributed by atoms with Crippen LogP contribution in [0, 0.1) is 0 Å². The van der Waals surface area contributed by atoms with Gasteiger partial charge >= 0.3 is 22.5 Å². The highest BCUT2D eigenvalue weighted by Gasteiger charge is 2.36. The van der Waals surface area contributed by atoms with E-state index in [2.05, 4.69) is 4.74 Å². The number of alkyl halides is 4. The second kappa shape index (κ2) is 6.26. The zero-order valence-corrected chi connectivity index (χ0v) is 10.2. The molecule has 0 fully saturated rings. The molecular formula is C6H10ClF3N2O4S. The first-order valence-electron chi connectivity index (χ1n) is 4.11. The average molecular weight is 299 g/mol. The largest absolute Gasteiger partial charge is 0.452 e. The van der Waals surface area contributed by atoms with Crippen LogP contribution in [0.3, 0.4) is 0 Å². The Hall–Kier alpha value is -0.740.